The van der Waals surface area contributed by atoms with Crippen molar-refractivity contribution in [1.29, 1.82) is 0 Å². The van der Waals surface area contributed by atoms with Gasteiger partial charge in [-0.1, -0.05) is 23.8 Å². The van der Waals surface area contributed by atoms with Crippen LogP contribution in [0.2, 0.25) is 0 Å². The first kappa shape index (κ1) is 14.7. The van der Waals surface area contributed by atoms with Crippen LogP contribution < -0.4 is 4.74 Å². The fourth-order valence-electron chi connectivity index (χ4n) is 1.78. The van der Waals surface area contributed by atoms with Gasteiger partial charge < -0.3 is 9.84 Å². The van der Waals surface area contributed by atoms with E-state index in [4.69, 9.17) is 4.74 Å². The van der Waals surface area contributed by atoms with Crippen LogP contribution in [0, 0.1) is 0 Å². The molecule has 0 amide bonds. The Morgan fingerprint density at radius 1 is 1.33 bits per heavy atom. The maximum atomic E-state index is 9.55. The van der Waals surface area contributed by atoms with Gasteiger partial charge in [-0.25, -0.2) is 0 Å². The topological polar surface area (TPSA) is 32.7 Å². The molecule has 0 saturated heterocycles. The van der Waals surface area contributed by atoms with Gasteiger partial charge in [-0.3, -0.25) is 4.90 Å². The molecule has 1 aromatic rings. The number of likely N-dealkylation sites (N-methyl/N-ethyl adjacent to an activating group) is 1. The fraction of sp³-hybridized carbons (Fsp3) is 0.467. The van der Waals surface area contributed by atoms with Gasteiger partial charge in [0.05, 0.1) is 19.8 Å². The lowest BCUT2D eigenvalue weighted by Crippen LogP contribution is -2.27. The molecule has 1 unspecified atom stereocenters. The van der Waals surface area contributed by atoms with Gasteiger partial charge in [0.2, 0.25) is 0 Å². The molecule has 0 radical (unpaired) electrons. The van der Waals surface area contributed by atoms with Crippen LogP contribution in [0.3, 0.4) is 0 Å². The van der Waals surface area contributed by atoms with E-state index in [0.29, 0.717) is 0 Å². The number of aliphatic hydroxyl groups excluding tert-OH is 1. The van der Waals surface area contributed by atoms with Crippen molar-refractivity contribution in [3.8, 4) is 5.75 Å². The highest BCUT2D eigenvalue weighted by molar-refractivity contribution is 5.29. The molecule has 1 atom stereocenters. The molecule has 0 aliphatic rings. The van der Waals surface area contributed by atoms with Crippen molar-refractivity contribution in [2.24, 2.45) is 0 Å². The molecule has 0 fully saturated rings. The number of ether oxygens (including phenoxy) is 1. The molecule has 0 bridgehead atoms. The van der Waals surface area contributed by atoms with Crippen LogP contribution in [0.4, 0.5) is 0 Å². The molecule has 1 aromatic carbocycles. The average molecular weight is 249 g/mol. The number of benzene rings is 1. The molecule has 0 aliphatic carbocycles. The van der Waals surface area contributed by atoms with Gasteiger partial charge in [0.15, 0.2) is 0 Å². The molecular formula is C15H23NO2. The second-order valence-electron chi connectivity index (χ2n) is 4.69. The van der Waals surface area contributed by atoms with E-state index in [0.717, 1.165) is 17.9 Å². The van der Waals surface area contributed by atoms with E-state index < -0.39 is 0 Å². The smallest absolute Gasteiger partial charge is 0.118 e. The lowest BCUT2D eigenvalue weighted by molar-refractivity contribution is 0.158. The second kappa shape index (κ2) is 7.19. The highest BCUT2D eigenvalue weighted by atomic mass is 16.5. The summed E-state index contributed by atoms with van der Waals surface area (Å²) in [5, 5.41) is 9.55. The lowest BCUT2D eigenvalue weighted by Gasteiger charge is -2.26. The Hall–Kier alpha value is -1.32. The summed E-state index contributed by atoms with van der Waals surface area (Å²) in [6.07, 6.45) is 2.16. The van der Waals surface area contributed by atoms with Crippen molar-refractivity contribution >= 4 is 0 Å². The quantitative estimate of drug-likeness (QED) is 0.787. The zero-order valence-corrected chi connectivity index (χ0v) is 11.7. The Bertz CT molecular complexity index is 380. The van der Waals surface area contributed by atoms with Gasteiger partial charge in [-0.15, -0.1) is 0 Å². The van der Waals surface area contributed by atoms with Crippen LogP contribution in [0.5, 0.6) is 5.75 Å². The summed E-state index contributed by atoms with van der Waals surface area (Å²) in [5.41, 5.74) is 2.39. The molecule has 3 heteroatoms. The standard InChI is InChI=1S/C15H23NO2/c1-12(2)9-10-16(3)15(11-17)13-5-7-14(18-4)8-6-13/h5-9,15,17H,10-11H2,1-4H3. The molecule has 0 aliphatic heterocycles. The van der Waals surface area contributed by atoms with Crippen LogP contribution in [-0.4, -0.2) is 37.3 Å². The lowest BCUT2D eigenvalue weighted by atomic mass is 10.1. The van der Waals surface area contributed by atoms with Gasteiger partial charge in [0.25, 0.3) is 0 Å². The first-order valence-electron chi connectivity index (χ1n) is 6.17. The SMILES string of the molecule is COc1ccc(C(CO)N(C)CC=C(C)C)cc1. The Morgan fingerprint density at radius 2 is 1.94 bits per heavy atom. The largest absolute Gasteiger partial charge is 0.497 e. The number of hydrogen-bond acceptors (Lipinski definition) is 3. The minimum atomic E-state index is 0.0199. The zero-order chi connectivity index (χ0) is 13.5. The average Bonchev–Trinajstić information content (AvgIpc) is 2.38. The predicted octanol–water partition coefficient (Wildman–Crippen LogP) is 2.63. The van der Waals surface area contributed by atoms with Crippen molar-refractivity contribution in [2.75, 3.05) is 27.3 Å². The molecule has 0 saturated carbocycles. The molecule has 1 N–H and O–H groups in total. The van der Waals surface area contributed by atoms with Gasteiger partial charge in [0, 0.05) is 6.54 Å². The van der Waals surface area contributed by atoms with Gasteiger partial charge >= 0.3 is 0 Å². The number of hydrogen-bond donors (Lipinski definition) is 1. The van der Waals surface area contributed by atoms with Crippen LogP contribution in [-0.2, 0) is 0 Å². The van der Waals surface area contributed by atoms with Crippen LogP contribution in [0.1, 0.15) is 25.5 Å². The molecule has 0 heterocycles. The van der Waals surface area contributed by atoms with E-state index in [1.165, 1.54) is 5.57 Å². The number of rotatable bonds is 6. The third-order valence-corrected chi connectivity index (χ3v) is 2.99. The van der Waals surface area contributed by atoms with Crippen molar-refractivity contribution in [3.63, 3.8) is 0 Å². The van der Waals surface area contributed by atoms with Crippen molar-refractivity contribution in [2.45, 2.75) is 19.9 Å². The van der Waals surface area contributed by atoms with E-state index in [1.807, 2.05) is 31.3 Å². The minimum Gasteiger partial charge on any atom is -0.497 e. The normalized spacial score (nSPS) is 12.3. The van der Waals surface area contributed by atoms with Crippen LogP contribution in [0.15, 0.2) is 35.9 Å². The van der Waals surface area contributed by atoms with Crippen LogP contribution >= 0.6 is 0 Å². The summed E-state index contributed by atoms with van der Waals surface area (Å²) in [4.78, 5) is 2.13. The monoisotopic (exact) mass is 249 g/mol. The molecule has 100 valence electrons. The Morgan fingerprint density at radius 3 is 2.39 bits per heavy atom. The zero-order valence-electron chi connectivity index (χ0n) is 11.7. The number of aliphatic hydroxyl groups is 1. The van der Waals surface area contributed by atoms with E-state index in [9.17, 15) is 5.11 Å². The molecule has 0 spiro atoms. The van der Waals surface area contributed by atoms with E-state index >= 15 is 0 Å². The van der Waals surface area contributed by atoms with Crippen molar-refractivity contribution < 1.29 is 9.84 Å². The maximum Gasteiger partial charge on any atom is 0.118 e. The number of nitrogens with zero attached hydrogens (tertiary/aromatic N) is 1. The summed E-state index contributed by atoms with van der Waals surface area (Å²) in [6, 6.07) is 7.86. The summed E-state index contributed by atoms with van der Waals surface area (Å²) in [7, 11) is 3.67. The number of allylic oxidation sites excluding steroid dienone is 1. The van der Waals surface area contributed by atoms with Crippen molar-refractivity contribution in [1.82, 2.24) is 4.90 Å². The minimum absolute atomic E-state index is 0.0199. The highest BCUT2D eigenvalue weighted by Crippen LogP contribution is 2.21. The summed E-state index contributed by atoms with van der Waals surface area (Å²) in [5.74, 6) is 0.836. The van der Waals surface area contributed by atoms with Crippen molar-refractivity contribution in [3.05, 3.63) is 41.5 Å². The predicted molar refractivity (Wildman–Crippen MR) is 74.9 cm³/mol. The molecule has 18 heavy (non-hydrogen) atoms. The highest BCUT2D eigenvalue weighted by Gasteiger charge is 2.14. The van der Waals surface area contributed by atoms with Crippen LogP contribution in [0.25, 0.3) is 0 Å². The fourth-order valence-corrected chi connectivity index (χ4v) is 1.78. The third kappa shape index (κ3) is 4.17. The van der Waals surface area contributed by atoms with E-state index in [1.54, 1.807) is 7.11 Å². The Labute approximate surface area is 110 Å². The number of methoxy groups -OCH3 is 1. The second-order valence-corrected chi connectivity index (χ2v) is 4.69. The van der Waals surface area contributed by atoms with Gasteiger partial charge in [-0.05, 0) is 38.6 Å². The molecular weight excluding hydrogens is 226 g/mol. The summed E-state index contributed by atoms with van der Waals surface area (Å²) >= 11 is 0. The maximum absolute atomic E-state index is 9.55. The Kier molecular flexibility index (Phi) is 5.89. The first-order valence-corrected chi connectivity index (χ1v) is 6.17. The van der Waals surface area contributed by atoms with Gasteiger partial charge in [0.1, 0.15) is 5.75 Å². The molecule has 1 rings (SSSR count). The molecule has 3 nitrogen and oxygen atoms in total. The van der Waals surface area contributed by atoms with Gasteiger partial charge in [-0.2, -0.15) is 0 Å². The Balaban J connectivity index is 2.77. The van der Waals surface area contributed by atoms with E-state index in [-0.39, 0.29) is 12.6 Å². The summed E-state index contributed by atoms with van der Waals surface area (Å²) in [6.45, 7) is 5.10. The third-order valence-electron chi connectivity index (χ3n) is 2.99. The molecule has 0 aromatic heterocycles. The first-order chi connectivity index (χ1) is 8.58. The summed E-state index contributed by atoms with van der Waals surface area (Å²) < 4.78 is 5.14. The van der Waals surface area contributed by atoms with E-state index in [2.05, 4.69) is 24.8 Å².